The van der Waals surface area contributed by atoms with Crippen LogP contribution in [-0.2, 0) is 9.53 Å². The van der Waals surface area contributed by atoms with Crippen LogP contribution in [0.25, 0.3) is 0 Å². The highest BCUT2D eigenvalue weighted by Gasteiger charge is 2.25. The summed E-state index contributed by atoms with van der Waals surface area (Å²) in [5.74, 6) is 0.118. The molecule has 0 atom stereocenters. The molecule has 0 aromatic carbocycles. The Labute approximate surface area is 145 Å². The molecule has 1 saturated carbocycles. The van der Waals surface area contributed by atoms with Crippen molar-refractivity contribution in [3.63, 3.8) is 0 Å². The number of carbonyl (C=O) groups excluding carboxylic acids is 2. The van der Waals surface area contributed by atoms with Crippen molar-refractivity contribution in [1.82, 2.24) is 15.1 Å². The van der Waals surface area contributed by atoms with Gasteiger partial charge in [0.05, 0.1) is 6.54 Å². The maximum Gasteiger partial charge on any atom is 0.410 e. The second kappa shape index (κ2) is 8.70. The molecule has 1 N–H and O–H groups in total. The number of ether oxygens (including phenoxy) is 1. The Balaban J connectivity index is 1.74. The minimum atomic E-state index is -0.469. The third kappa shape index (κ3) is 6.67. The van der Waals surface area contributed by atoms with E-state index in [0.29, 0.717) is 25.7 Å². The van der Waals surface area contributed by atoms with E-state index < -0.39 is 5.60 Å². The van der Waals surface area contributed by atoms with E-state index in [0.717, 1.165) is 32.4 Å². The minimum Gasteiger partial charge on any atom is -0.444 e. The monoisotopic (exact) mass is 339 g/mol. The van der Waals surface area contributed by atoms with Gasteiger partial charge in [-0.25, -0.2) is 4.79 Å². The van der Waals surface area contributed by atoms with E-state index in [9.17, 15) is 9.59 Å². The van der Waals surface area contributed by atoms with Crippen molar-refractivity contribution in [1.29, 1.82) is 0 Å². The predicted octanol–water partition coefficient (Wildman–Crippen LogP) is 2.38. The van der Waals surface area contributed by atoms with Gasteiger partial charge in [0.15, 0.2) is 0 Å². The van der Waals surface area contributed by atoms with Crippen LogP contribution in [0.1, 0.15) is 59.3 Å². The number of nitrogens with one attached hydrogen (secondary N) is 1. The van der Waals surface area contributed by atoms with Crippen molar-refractivity contribution < 1.29 is 14.3 Å². The average molecular weight is 339 g/mol. The van der Waals surface area contributed by atoms with Crippen LogP contribution in [0.4, 0.5) is 4.79 Å². The molecule has 6 heteroatoms. The van der Waals surface area contributed by atoms with Crippen molar-refractivity contribution in [3.8, 4) is 0 Å². The number of hydrogen-bond donors (Lipinski definition) is 1. The van der Waals surface area contributed by atoms with Crippen LogP contribution >= 0.6 is 0 Å². The molecule has 0 radical (unpaired) electrons. The zero-order valence-electron chi connectivity index (χ0n) is 15.5. The molecule has 24 heavy (non-hydrogen) atoms. The van der Waals surface area contributed by atoms with Crippen LogP contribution in [0, 0.1) is 0 Å². The Kier molecular flexibility index (Phi) is 6.90. The molecule has 2 amide bonds. The third-order valence-corrected chi connectivity index (χ3v) is 4.58. The van der Waals surface area contributed by atoms with Crippen LogP contribution in [0.5, 0.6) is 0 Å². The molecular weight excluding hydrogens is 306 g/mol. The molecule has 1 aliphatic carbocycles. The first-order valence-electron chi connectivity index (χ1n) is 9.33. The van der Waals surface area contributed by atoms with Gasteiger partial charge in [-0.15, -0.1) is 0 Å². The molecule has 0 unspecified atom stereocenters. The van der Waals surface area contributed by atoms with Gasteiger partial charge in [0.25, 0.3) is 0 Å². The summed E-state index contributed by atoms with van der Waals surface area (Å²) >= 11 is 0. The normalized spacial score (nSPS) is 21.2. The predicted molar refractivity (Wildman–Crippen MR) is 93.9 cm³/mol. The Bertz CT molecular complexity index is 428. The zero-order chi connectivity index (χ0) is 17.6. The average Bonchev–Trinajstić information content (AvgIpc) is 2.72. The molecule has 1 aliphatic heterocycles. The van der Waals surface area contributed by atoms with Gasteiger partial charge in [-0.3, -0.25) is 9.69 Å². The van der Waals surface area contributed by atoms with Gasteiger partial charge < -0.3 is 15.0 Å². The first-order chi connectivity index (χ1) is 11.3. The van der Waals surface area contributed by atoms with E-state index >= 15 is 0 Å². The number of nitrogens with zero attached hydrogens (tertiary/aromatic N) is 2. The number of amides is 2. The Morgan fingerprint density at radius 2 is 1.71 bits per heavy atom. The van der Waals surface area contributed by atoms with E-state index in [2.05, 4.69) is 10.2 Å². The second-order valence-corrected chi connectivity index (χ2v) is 8.00. The lowest BCUT2D eigenvalue weighted by Crippen LogP contribution is -2.44. The minimum absolute atomic E-state index is 0.118. The molecule has 1 heterocycles. The molecular formula is C18H33N3O3. The fourth-order valence-corrected chi connectivity index (χ4v) is 3.36. The summed E-state index contributed by atoms with van der Waals surface area (Å²) in [6.45, 7) is 8.94. The van der Waals surface area contributed by atoms with Gasteiger partial charge in [0, 0.05) is 32.2 Å². The highest BCUT2D eigenvalue weighted by molar-refractivity contribution is 5.78. The summed E-state index contributed by atoms with van der Waals surface area (Å²) in [7, 11) is 0. The van der Waals surface area contributed by atoms with Gasteiger partial charge in [-0.2, -0.15) is 0 Å². The smallest absolute Gasteiger partial charge is 0.410 e. The van der Waals surface area contributed by atoms with Crippen molar-refractivity contribution in [2.75, 3.05) is 32.7 Å². The van der Waals surface area contributed by atoms with Gasteiger partial charge in [-0.05, 0) is 40.0 Å². The first-order valence-corrected chi connectivity index (χ1v) is 9.33. The summed E-state index contributed by atoms with van der Waals surface area (Å²) in [5, 5.41) is 3.17. The summed E-state index contributed by atoms with van der Waals surface area (Å²) in [6.07, 6.45) is 6.57. The highest BCUT2D eigenvalue weighted by atomic mass is 16.6. The molecule has 6 nitrogen and oxygen atoms in total. The van der Waals surface area contributed by atoms with Crippen molar-refractivity contribution >= 4 is 12.0 Å². The first kappa shape index (κ1) is 19.0. The zero-order valence-corrected chi connectivity index (χ0v) is 15.5. The van der Waals surface area contributed by atoms with E-state index in [1.165, 1.54) is 19.3 Å². The summed E-state index contributed by atoms with van der Waals surface area (Å²) < 4.78 is 5.44. The van der Waals surface area contributed by atoms with Crippen molar-refractivity contribution in [2.24, 2.45) is 0 Å². The Morgan fingerprint density at radius 1 is 1.00 bits per heavy atom. The van der Waals surface area contributed by atoms with Gasteiger partial charge >= 0.3 is 6.09 Å². The lowest BCUT2D eigenvalue weighted by molar-refractivity contribution is -0.123. The van der Waals surface area contributed by atoms with Gasteiger partial charge in [0.1, 0.15) is 5.60 Å². The van der Waals surface area contributed by atoms with Gasteiger partial charge in [-0.1, -0.05) is 19.3 Å². The molecule has 0 spiro atoms. The molecule has 0 aromatic rings. The molecule has 2 fully saturated rings. The maximum absolute atomic E-state index is 12.2. The molecule has 2 rings (SSSR count). The van der Waals surface area contributed by atoms with Crippen LogP contribution in [0.2, 0.25) is 0 Å². The van der Waals surface area contributed by atoms with Crippen LogP contribution < -0.4 is 5.32 Å². The quantitative estimate of drug-likeness (QED) is 0.857. The summed E-state index contributed by atoms with van der Waals surface area (Å²) in [5.41, 5.74) is -0.469. The van der Waals surface area contributed by atoms with E-state index in [-0.39, 0.29) is 12.0 Å². The Morgan fingerprint density at radius 3 is 2.38 bits per heavy atom. The second-order valence-electron chi connectivity index (χ2n) is 8.00. The van der Waals surface area contributed by atoms with Crippen LogP contribution in [-0.4, -0.2) is 66.2 Å². The molecule has 0 aromatic heterocycles. The number of hydrogen-bond acceptors (Lipinski definition) is 4. The molecule has 2 aliphatic rings. The lowest BCUT2D eigenvalue weighted by Gasteiger charge is -2.27. The van der Waals surface area contributed by atoms with Crippen molar-refractivity contribution in [3.05, 3.63) is 0 Å². The van der Waals surface area contributed by atoms with E-state index in [4.69, 9.17) is 4.74 Å². The van der Waals surface area contributed by atoms with E-state index in [1.807, 2.05) is 20.8 Å². The lowest BCUT2D eigenvalue weighted by atomic mass is 9.95. The SMILES string of the molecule is CC(C)(C)OC(=O)N1CCCN(CC(=O)NC2CCCCC2)CC1. The molecule has 138 valence electrons. The summed E-state index contributed by atoms with van der Waals surface area (Å²) in [4.78, 5) is 28.3. The number of rotatable bonds is 3. The molecule has 1 saturated heterocycles. The fourth-order valence-electron chi connectivity index (χ4n) is 3.36. The highest BCUT2D eigenvalue weighted by Crippen LogP contribution is 2.17. The largest absolute Gasteiger partial charge is 0.444 e. The maximum atomic E-state index is 12.2. The number of carbonyl (C=O) groups is 2. The van der Waals surface area contributed by atoms with Crippen molar-refractivity contribution in [2.45, 2.75) is 70.9 Å². The Hall–Kier alpha value is -1.30. The summed E-state index contributed by atoms with van der Waals surface area (Å²) in [6, 6.07) is 0.358. The van der Waals surface area contributed by atoms with Crippen LogP contribution in [0.3, 0.4) is 0 Å². The third-order valence-electron chi connectivity index (χ3n) is 4.58. The van der Waals surface area contributed by atoms with Gasteiger partial charge in [0.2, 0.25) is 5.91 Å². The van der Waals surface area contributed by atoms with E-state index in [1.54, 1.807) is 4.90 Å². The standard InChI is InChI=1S/C18H33N3O3/c1-18(2,3)24-17(23)21-11-7-10-20(12-13-21)14-16(22)19-15-8-5-4-6-9-15/h15H,4-14H2,1-3H3,(H,19,22). The molecule has 0 bridgehead atoms. The topological polar surface area (TPSA) is 61.9 Å². The van der Waals surface area contributed by atoms with Crippen LogP contribution in [0.15, 0.2) is 0 Å². The fraction of sp³-hybridized carbons (Fsp3) is 0.889.